The average Bonchev–Trinajstić information content (AvgIpc) is 2.75. The average molecular weight is 288 g/mol. The van der Waals surface area contributed by atoms with Gasteiger partial charge in [0.1, 0.15) is 5.25 Å². The topological polar surface area (TPSA) is 86.0 Å². The number of hydrogen-bond donors (Lipinski definition) is 0. The Kier molecular flexibility index (Phi) is 3.36. The highest BCUT2D eigenvalue weighted by atomic mass is 35.5. The normalized spacial score (nSPS) is 13.5. The summed E-state index contributed by atoms with van der Waals surface area (Å²) >= 11 is 5.84. The Labute approximate surface area is 109 Å². The Morgan fingerprint density at radius 3 is 2.72 bits per heavy atom. The van der Waals surface area contributed by atoms with Gasteiger partial charge in [0, 0.05) is 6.20 Å². The summed E-state index contributed by atoms with van der Waals surface area (Å²) < 4.78 is 29.4. The van der Waals surface area contributed by atoms with E-state index in [1.165, 1.54) is 19.2 Å². The molecule has 2 rings (SSSR count). The lowest BCUT2D eigenvalue weighted by Gasteiger charge is -2.08. The number of aryl methyl sites for hydroxylation is 1. The molecule has 18 heavy (non-hydrogen) atoms. The first-order valence-corrected chi connectivity index (χ1v) is 7.00. The largest absolute Gasteiger partial charge is 0.338 e. The second kappa shape index (κ2) is 4.66. The Balaban J connectivity index is 2.47. The Morgan fingerprint density at radius 2 is 2.17 bits per heavy atom. The van der Waals surface area contributed by atoms with Crippen LogP contribution in [0.15, 0.2) is 27.9 Å². The molecule has 0 aliphatic carbocycles. The van der Waals surface area contributed by atoms with Gasteiger partial charge in [-0.3, -0.25) is 0 Å². The van der Waals surface area contributed by atoms with E-state index < -0.39 is 15.1 Å². The minimum absolute atomic E-state index is 0.0224. The van der Waals surface area contributed by atoms with E-state index in [1.807, 2.05) is 0 Å². The van der Waals surface area contributed by atoms with Crippen molar-refractivity contribution >= 4 is 21.4 Å². The maximum Gasteiger partial charge on any atom is 0.245 e. The van der Waals surface area contributed by atoms with Gasteiger partial charge in [0.15, 0.2) is 10.9 Å². The highest BCUT2D eigenvalue weighted by molar-refractivity contribution is 7.91. The monoisotopic (exact) mass is 287 g/mol. The molecule has 2 aromatic heterocycles. The summed E-state index contributed by atoms with van der Waals surface area (Å²) in [5.41, 5.74) is 0. The molecule has 0 fully saturated rings. The third-order valence-corrected chi connectivity index (χ3v) is 4.76. The molecule has 1 unspecified atom stereocenters. The fourth-order valence-electron chi connectivity index (χ4n) is 1.36. The molecule has 0 aliphatic rings. The lowest BCUT2D eigenvalue weighted by molar-refractivity contribution is 0.372. The highest BCUT2D eigenvalue weighted by Crippen LogP contribution is 2.29. The molecule has 0 bridgehead atoms. The van der Waals surface area contributed by atoms with Gasteiger partial charge in [0.2, 0.25) is 15.7 Å². The molecule has 1 atom stereocenters. The molecule has 0 N–H and O–H groups in total. The van der Waals surface area contributed by atoms with Crippen LogP contribution >= 0.6 is 11.6 Å². The van der Waals surface area contributed by atoms with Gasteiger partial charge in [-0.25, -0.2) is 13.4 Å². The minimum atomic E-state index is -3.75. The smallest absolute Gasteiger partial charge is 0.245 e. The van der Waals surface area contributed by atoms with Crippen molar-refractivity contribution in [2.45, 2.75) is 24.1 Å². The van der Waals surface area contributed by atoms with Gasteiger partial charge < -0.3 is 4.52 Å². The van der Waals surface area contributed by atoms with Gasteiger partial charge in [0.25, 0.3) is 0 Å². The number of rotatable bonds is 3. The van der Waals surface area contributed by atoms with E-state index in [-0.39, 0.29) is 15.9 Å². The Hall–Kier alpha value is -1.47. The second-order valence-corrected chi connectivity index (χ2v) is 6.25. The lowest BCUT2D eigenvalue weighted by Crippen LogP contribution is -2.13. The van der Waals surface area contributed by atoms with Crippen LogP contribution in [-0.4, -0.2) is 23.5 Å². The third kappa shape index (κ3) is 2.23. The second-order valence-electron chi connectivity index (χ2n) is 3.66. The van der Waals surface area contributed by atoms with Crippen LogP contribution in [-0.2, 0) is 9.84 Å². The van der Waals surface area contributed by atoms with Crippen LogP contribution in [0.2, 0.25) is 5.02 Å². The lowest BCUT2D eigenvalue weighted by atomic mass is 10.5. The van der Waals surface area contributed by atoms with Gasteiger partial charge in [-0.15, -0.1) is 0 Å². The number of nitrogens with zero attached hydrogens (tertiary/aromatic N) is 3. The van der Waals surface area contributed by atoms with Gasteiger partial charge in [-0.1, -0.05) is 16.8 Å². The molecule has 96 valence electrons. The zero-order chi connectivity index (χ0) is 13.3. The highest BCUT2D eigenvalue weighted by Gasteiger charge is 2.32. The van der Waals surface area contributed by atoms with Gasteiger partial charge in [-0.2, -0.15) is 4.98 Å². The number of halogens is 1. The van der Waals surface area contributed by atoms with E-state index in [2.05, 4.69) is 15.1 Å². The molecule has 0 radical (unpaired) electrons. The number of aromatic nitrogens is 3. The molecular weight excluding hydrogens is 278 g/mol. The first-order chi connectivity index (χ1) is 8.43. The van der Waals surface area contributed by atoms with Crippen molar-refractivity contribution in [1.29, 1.82) is 0 Å². The van der Waals surface area contributed by atoms with Crippen molar-refractivity contribution < 1.29 is 12.9 Å². The van der Waals surface area contributed by atoms with E-state index in [4.69, 9.17) is 16.1 Å². The van der Waals surface area contributed by atoms with Crippen LogP contribution in [0.5, 0.6) is 0 Å². The molecule has 0 saturated heterocycles. The van der Waals surface area contributed by atoms with Crippen LogP contribution in [0.4, 0.5) is 0 Å². The van der Waals surface area contributed by atoms with Crippen LogP contribution in [0, 0.1) is 6.92 Å². The summed E-state index contributed by atoms with van der Waals surface area (Å²) in [6.45, 7) is 3.06. The van der Waals surface area contributed by atoms with Crippen LogP contribution in [0.3, 0.4) is 0 Å². The van der Waals surface area contributed by atoms with Crippen LogP contribution in [0.25, 0.3) is 0 Å². The molecule has 0 aromatic carbocycles. The fraction of sp³-hybridized carbons (Fsp3) is 0.300. The van der Waals surface area contributed by atoms with E-state index in [1.54, 1.807) is 13.0 Å². The molecule has 8 heteroatoms. The SMILES string of the molecule is Cc1noc(C(C)S(=O)(=O)c2ncccc2Cl)n1. The van der Waals surface area contributed by atoms with E-state index in [0.29, 0.717) is 5.82 Å². The quantitative estimate of drug-likeness (QED) is 0.858. The van der Waals surface area contributed by atoms with Crippen LogP contribution in [0.1, 0.15) is 23.9 Å². The Bertz CT molecular complexity index is 669. The zero-order valence-electron chi connectivity index (χ0n) is 9.66. The zero-order valence-corrected chi connectivity index (χ0v) is 11.2. The van der Waals surface area contributed by atoms with E-state index in [0.717, 1.165) is 0 Å². The fourth-order valence-corrected chi connectivity index (χ4v) is 3.05. The molecule has 0 saturated carbocycles. The molecular formula is C10H10ClN3O3S. The molecule has 0 amide bonds. The molecule has 6 nitrogen and oxygen atoms in total. The summed E-state index contributed by atoms with van der Waals surface area (Å²) in [5, 5.41) is 2.45. The van der Waals surface area contributed by atoms with Gasteiger partial charge in [-0.05, 0) is 26.0 Å². The van der Waals surface area contributed by atoms with Crippen molar-refractivity contribution in [2.75, 3.05) is 0 Å². The van der Waals surface area contributed by atoms with Crippen molar-refractivity contribution in [3.8, 4) is 0 Å². The molecule has 2 heterocycles. The maximum atomic E-state index is 12.3. The summed E-state index contributed by atoms with van der Waals surface area (Å²) in [5.74, 6) is 0.397. The van der Waals surface area contributed by atoms with Crippen molar-refractivity contribution in [1.82, 2.24) is 15.1 Å². The molecule has 0 aliphatic heterocycles. The van der Waals surface area contributed by atoms with Crippen molar-refractivity contribution in [2.24, 2.45) is 0 Å². The standard InChI is InChI=1S/C10H10ClN3O3S/c1-6(9-13-7(2)14-17-9)18(15,16)10-8(11)4-3-5-12-10/h3-6H,1-2H3. The maximum absolute atomic E-state index is 12.3. The molecule has 2 aromatic rings. The van der Waals surface area contributed by atoms with Gasteiger partial charge >= 0.3 is 0 Å². The van der Waals surface area contributed by atoms with E-state index >= 15 is 0 Å². The summed E-state index contributed by atoms with van der Waals surface area (Å²) in [4.78, 5) is 7.70. The van der Waals surface area contributed by atoms with Crippen LogP contribution < -0.4 is 0 Å². The summed E-state index contributed by atoms with van der Waals surface area (Å²) in [6, 6.07) is 3.02. The molecule has 0 spiro atoms. The number of sulfone groups is 1. The first kappa shape index (κ1) is 13.0. The summed E-state index contributed by atoms with van der Waals surface area (Å²) in [6.07, 6.45) is 1.37. The van der Waals surface area contributed by atoms with Crippen molar-refractivity contribution in [3.05, 3.63) is 35.1 Å². The minimum Gasteiger partial charge on any atom is -0.338 e. The number of pyridine rings is 1. The first-order valence-electron chi connectivity index (χ1n) is 5.07. The Morgan fingerprint density at radius 1 is 1.44 bits per heavy atom. The predicted octanol–water partition coefficient (Wildman–Crippen LogP) is 1.96. The number of hydrogen-bond acceptors (Lipinski definition) is 6. The van der Waals surface area contributed by atoms with E-state index in [9.17, 15) is 8.42 Å². The van der Waals surface area contributed by atoms with Gasteiger partial charge in [0.05, 0.1) is 5.02 Å². The van der Waals surface area contributed by atoms with Crippen molar-refractivity contribution in [3.63, 3.8) is 0 Å². The summed E-state index contributed by atoms with van der Waals surface area (Å²) in [7, 11) is -3.75. The predicted molar refractivity (Wildman–Crippen MR) is 63.9 cm³/mol. The third-order valence-electron chi connectivity index (χ3n) is 2.35.